The Labute approximate surface area is 135 Å². The van der Waals surface area contributed by atoms with Crippen molar-refractivity contribution in [1.82, 2.24) is 5.32 Å². The molecule has 0 bridgehead atoms. The summed E-state index contributed by atoms with van der Waals surface area (Å²) < 4.78 is 5.11. The highest BCUT2D eigenvalue weighted by atomic mass is 16.6. The van der Waals surface area contributed by atoms with Crippen LogP contribution in [0.25, 0.3) is 5.57 Å². The summed E-state index contributed by atoms with van der Waals surface area (Å²) in [4.78, 5) is 23.0. The number of aliphatic carboxylic acids is 1. The predicted molar refractivity (Wildman–Crippen MR) is 86.9 cm³/mol. The van der Waals surface area contributed by atoms with E-state index >= 15 is 0 Å². The van der Waals surface area contributed by atoms with Gasteiger partial charge in [-0.05, 0) is 38.8 Å². The molecule has 3 N–H and O–H groups in total. The third kappa shape index (κ3) is 5.75. The quantitative estimate of drug-likeness (QED) is 0.775. The minimum absolute atomic E-state index is 0.454. The van der Waals surface area contributed by atoms with Crippen molar-refractivity contribution >= 4 is 17.6 Å². The number of allylic oxidation sites excluding steroid dienone is 1. The van der Waals surface area contributed by atoms with Crippen LogP contribution in [0.1, 0.15) is 44.9 Å². The van der Waals surface area contributed by atoms with Gasteiger partial charge in [-0.3, -0.25) is 0 Å². The zero-order valence-corrected chi connectivity index (χ0v) is 13.8. The van der Waals surface area contributed by atoms with Gasteiger partial charge in [-0.1, -0.05) is 36.4 Å². The van der Waals surface area contributed by atoms with E-state index < -0.39 is 29.8 Å². The molecule has 23 heavy (non-hydrogen) atoms. The zero-order valence-electron chi connectivity index (χ0n) is 13.8. The Hall–Kier alpha value is -2.34. The highest BCUT2D eigenvalue weighted by Crippen LogP contribution is 2.21. The van der Waals surface area contributed by atoms with E-state index in [2.05, 4.69) is 11.9 Å². The highest BCUT2D eigenvalue weighted by molar-refractivity contribution is 5.76. The fourth-order valence-electron chi connectivity index (χ4n) is 1.90. The maximum Gasteiger partial charge on any atom is 0.408 e. The summed E-state index contributed by atoms with van der Waals surface area (Å²) in [5.41, 5.74) is 1.46. The number of ether oxygens (including phenoxy) is 1. The summed E-state index contributed by atoms with van der Waals surface area (Å²) in [7, 11) is 0. The number of nitrogens with one attached hydrogen (secondary N) is 1. The lowest BCUT2D eigenvalue weighted by Crippen LogP contribution is -2.42. The third-order valence-electron chi connectivity index (χ3n) is 3.00. The fourth-order valence-corrected chi connectivity index (χ4v) is 1.90. The molecule has 1 aromatic carbocycles. The number of aliphatic hydroxyl groups excluding tert-OH is 1. The number of carbonyl (C=O) groups excluding carboxylic acids is 1. The van der Waals surface area contributed by atoms with Crippen molar-refractivity contribution in [3.63, 3.8) is 0 Å². The first-order valence-corrected chi connectivity index (χ1v) is 7.17. The number of aliphatic hydroxyl groups is 1. The number of carboxylic acids is 1. The van der Waals surface area contributed by atoms with Crippen molar-refractivity contribution in [2.24, 2.45) is 0 Å². The van der Waals surface area contributed by atoms with Crippen LogP contribution in [0.4, 0.5) is 4.79 Å². The number of carboxylic acid groups (broad SMARTS) is 1. The number of rotatable bonds is 5. The number of benzene rings is 1. The summed E-state index contributed by atoms with van der Waals surface area (Å²) >= 11 is 0. The van der Waals surface area contributed by atoms with E-state index in [9.17, 15) is 14.7 Å². The molecular weight excluding hydrogens is 298 g/mol. The Balaban J connectivity index is 3.03. The van der Waals surface area contributed by atoms with Gasteiger partial charge in [0, 0.05) is 0 Å². The van der Waals surface area contributed by atoms with Gasteiger partial charge in [-0.25, -0.2) is 9.59 Å². The van der Waals surface area contributed by atoms with E-state index in [4.69, 9.17) is 9.84 Å². The molecule has 0 aliphatic heterocycles. The van der Waals surface area contributed by atoms with Crippen LogP contribution in [0.15, 0.2) is 30.8 Å². The largest absolute Gasteiger partial charge is 0.479 e. The van der Waals surface area contributed by atoms with Gasteiger partial charge in [0.15, 0.2) is 6.10 Å². The molecule has 1 rings (SSSR count). The van der Waals surface area contributed by atoms with Crippen LogP contribution in [0.5, 0.6) is 0 Å². The maximum absolute atomic E-state index is 11.9. The van der Waals surface area contributed by atoms with E-state index in [0.717, 1.165) is 11.1 Å². The monoisotopic (exact) mass is 321 g/mol. The highest BCUT2D eigenvalue weighted by Gasteiger charge is 2.30. The first-order valence-electron chi connectivity index (χ1n) is 7.17. The Morgan fingerprint density at radius 1 is 1.22 bits per heavy atom. The SMILES string of the molecule is C=C(C)c1ccc([C@H](NC(=O)OC(C)(C)C)[C@@H](O)C(=O)O)cc1. The van der Waals surface area contributed by atoms with Crippen molar-refractivity contribution in [3.8, 4) is 0 Å². The Kier molecular flexibility index (Phi) is 5.92. The Morgan fingerprint density at radius 3 is 2.13 bits per heavy atom. The lowest BCUT2D eigenvalue weighted by Gasteiger charge is -2.25. The molecule has 0 radical (unpaired) electrons. The average molecular weight is 321 g/mol. The van der Waals surface area contributed by atoms with E-state index in [1.165, 1.54) is 0 Å². The number of carbonyl (C=O) groups is 2. The lowest BCUT2D eigenvalue weighted by atomic mass is 9.98. The van der Waals surface area contributed by atoms with Crippen LogP contribution in [0.3, 0.4) is 0 Å². The van der Waals surface area contributed by atoms with Gasteiger partial charge in [0.2, 0.25) is 0 Å². The minimum atomic E-state index is -1.79. The molecule has 1 aromatic rings. The van der Waals surface area contributed by atoms with Crippen molar-refractivity contribution in [1.29, 1.82) is 0 Å². The fraction of sp³-hybridized carbons (Fsp3) is 0.412. The summed E-state index contributed by atoms with van der Waals surface area (Å²) in [6.07, 6.45) is -2.59. The molecule has 1 amide bonds. The van der Waals surface area contributed by atoms with E-state index in [1.807, 2.05) is 6.92 Å². The van der Waals surface area contributed by atoms with Crippen molar-refractivity contribution < 1.29 is 24.5 Å². The normalized spacial score (nSPS) is 13.8. The summed E-state index contributed by atoms with van der Waals surface area (Å²) in [6.45, 7) is 10.7. The minimum Gasteiger partial charge on any atom is -0.479 e. The van der Waals surface area contributed by atoms with Crippen LogP contribution in [0, 0.1) is 0 Å². The molecule has 0 spiro atoms. The summed E-state index contributed by atoms with van der Waals surface area (Å²) in [5.74, 6) is -1.44. The van der Waals surface area contributed by atoms with Gasteiger partial charge in [0.25, 0.3) is 0 Å². The predicted octanol–water partition coefficient (Wildman–Crippen LogP) is 2.73. The molecule has 2 atom stereocenters. The maximum atomic E-state index is 11.9. The molecule has 0 saturated carbocycles. The smallest absolute Gasteiger partial charge is 0.408 e. The van der Waals surface area contributed by atoms with E-state index in [1.54, 1.807) is 45.0 Å². The van der Waals surface area contributed by atoms with Gasteiger partial charge >= 0.3 is 12.1 Å². The number of hydrogen-bond donors (Lipinski definition) is 3. The van der Waals surface area contributed by atoms with Crippen LogP contribution >= 0.6 is 0 Å². The molecule has 0 heterocycles. The molecule has 0 aromatic heterocycles. The zero-order chi connectivity index (χ0) is 17.8. The van der Waals surface area contributed by atoms with Crippen LogP contribution < -0.4 is 5.32 Å². The third-order valence-corrected chi connectivity index (χ3v) is 3.00. The Morgan fingerprint density at radius 2 is 1.74 bits per heavy atom. The molecule has 126 valence electrons. The van der Waals surface area contributed by atoms with Gasteiger partial charge in [-0.15, -0.1) is 0 Å². The first-order chi connectivity index (χ1) is 10.5. The van der Waals surface area contributed by atoms with Gasteiger partial charge in [0.05, 0.1) is 6.04 Å². The van der Waals surface area contributed by atoms with Crippen molar-refractivity contribution in [2.75, 3.05) is 0 Å². The second kappa shape index (κ2) is 7.28. The standard InChI is InChI=1S/C17H23NO5/c1-10(2)11-6-8-12(9-7-11)13(14(19)15(20)21)18-16(22)23-17(3,4)5/h6-9,13-14,19H,1H2,2-5H3,(H,18,22)(H,20,21)/t13-,14+/m0/s1. The molecule has 6 nitrogen and oxygen atoms in total. The molecule has 6 heteroatoms. The topological polar surface area (TPSA) is 95.9 Å². The van der Waals surface area contributed by atoms with Crippen molar-refractivity contribution in [3.05, 3.63) is 42.0 Å². The number of amides is 1. The molecule has 0 aliphatic rings. The summed E-state index contributed by atoms with van der Waals surface area (Å²) in [5, 5.41) is 21.3. The van der Waals surface area contributed by atoms with Gasteiger partial charge < -0.3 is 20.3 Å². The lowest BCUT2D eigenvalue weighted by molar-refractivity contribution is -0.148. The van der Waals surface area contributed by atoms with E-state index in [-0.39, 0.29) is 0 Å². The van der Waals surface area contributed by atoms with Crippen LogP contribution in [-0.2, 0) is 9.53 Å². The molecule has 0 fully saturated rings. The number of alkyl carbamates (subject to hydrolysis) is 1. The van der Waals surface area contributed by atoms with Gasteiger partial charge in [0.1, 0.15) is 5.60 Å². The number of hydrogen-bond acceptors (Lipinski definition) is 4. The van der Waals surface area contributed by atoms with Crippen molar-refractivity contribution in [2.45, 2.75) is 45.4 Å². The second-order valence-electron chi connectivity index (χ2n) is 6.31. The summed E-state index contributed by atoms with van der Waals surface area (Å²) in [6, 6.07) is 5.64. The first kappa shape index (κ1) is 18.7. The van der Waals surface area contributed by atoms with Gasteiger partial charge in [-0.2, -0.15) is 0 Å². The second-order valence-corrected chi connectivity index (χ2v) is 6.31. The average Bonchev–Trinajstić information content (AvgIpc) is 2.42. The van der Waals surface area contributed by atoms with Crippen LogP contribution in [0.2, 0.25) is 0 Å². The molecule has 0 aliphatic carbocycles. The molecular formula is C17H23NO5. The Bertz CT molecular complexity index is 586. The molecule has 0 saturated heterocycles. The van der Waals surface area contributed by atoms with Crippen LogP contribution in [-0.4, -0.2) is 34.0 Å². The molecule has 0 unspecified atom stereocenters. The van der Waals surface area contributed by atoms with E-state index in [0.29, 0.717) is 5.56 Å².